The molecule has 0 spiro atoms. The Morgan fingerprint density at radius 3 is 3.04 bits per heavy atom. The highest BCUT2D eigenvalue weighted by atomic mass is 16.5. The Morgan fingerprint density at radius 1 is 1.46 bits per heavy atom. The van der Waals surface area contributed by atoms with E-state index in [0.29, 0.717) is 25.8 Å². The monoisotopic (exact) mass is 334 g/mol. The van der Waals surface area contributed by atoms with E-state index >= 15 is 0 Å². The van der Waals surface area contributed by atoms with Crippen LogP contribution < -0.4 is 0 Å². The second kappa shape index (κ2) is 7.92. The zero-order valence-corrected chi connectivity index (χ0v) is 14.4. The quantitative estimate of drug-likeness (QED) is 0.789. The molecule has 0 radical (unpaired) electrons. The molecule has 0 aliphatic carbocycles. The fraction of sp³-hybridized carbons (Fsp3) is 0.647. The maximum atomic E-state index is 10.2. The van der Waals surface area contributed by atoms with Gasteiger partial charge in [0.1, 0.15) is 24.0 Å². The molecule has 1 N–H and O–H groups in total. The van der Waals surface area contributed by atoms with Crippen molar-refractivity contribution in [2.45, 2.75) is 52.0 Å². The normalized spacial score (nSPS) is 19.9. The lowest BCUT2D eigenvalue weighted by Crippen LogP contribution is -2.40. The number of nitrogens with zero attached hydrogens (tertiary/aromatic N) is 4. The van der Waals surface area contributed by atoms with Crippen LogP contribution in [0, 0.1) is 13.8 Å². The average Bonchev–Trinajstić information content (AvgIpc) is 3.24. The molecule has 0 aromatic carbocycles. The van der Waals surface area contributed by atoms with Gasteiger partial charge in [0, 0.05) is 12.6 Å². The van der Waals surface area contributed by atoms with Crippen molar-refractivity contribution in [2.75, 3.05) is 19.7 Å². The standard InChI is InChI=1S/C17H26N4O3/c1-13-18-14(2)21(19-13)9-15-5-3-7-20(15)10-16(22)11-23-12-17-6-4-8-24-17/h4,6,8,15-16,22H,3,5,7,9-12H2,1-2H3/t15-,16+/m1/s1. The molecule has 0 unspecified atom stereocenters. The van der Waals surface area contributed by atoms with Crippen molar-refractivity contribution in [3.05, 3.63) is 35.8 Å². The van der Waals surface area contributed by atoms with Gasteiger partial charge in [-0.15, -0.1) is 0 Å². The summed E-state index contributed by atoms with van der Waals surface area (Å²) in [6.45, 7) is 7.05. The first-order chi connectivity index (χ1) is 11.6. The minimum atomic E-state index is -0.501. The molecule has 1 aliphatic heterocycles. The van der Waals surface area contributed by atoms with Crippen LogP contribution in [0.3, 0.4) is 0 Å². The van der Waals surface area contributed by atoms with Gasteiger partial charge in [0.2, 0.25) is 0 Å². The highest BCUT2D eigenvalue weighted by Crippen LogP contribution is 2.19. The van der Waals surface area contributed by atoms with Gasteiger partial charge in [0.05, 0.1) is 25.5 Å². The molecule has 1 fully saturated rings. The third-order valence-electron chi connectivity index (χ3n) is 4.43. The van der Waals surface area contributed by atoms with Crippen LogP contribution in [0.2, 0.25) is 0 Å². The van der Waals surface area contributed by atoms with Gasteiger partial charge in [-0.2, -0.15) is 5.10 Å². The highest BCUT2D eigenvalue weighted by Gasteiger charge is 2.27. The summed E-state index contributed by atoms with van der Waals surface area (Å²) < 4.78 is 12.7. The molecule has 1 saturated heterocycles. The number of rotatable bonds is 8. The largest absolute Gasteiger partial charge is 0.467 e. The Kier molecular flexibility index (Phi) is 5.65. The number of aromatic nitrogens is 3. The Labute approximate surface area is 142 Å². The van der Waals surface area contributed by atoms with E-state index < -0.39 is 6.10 Å². The van der Waals surface area contributed by atoms with Crippen molar-refractivity contribution >= 4 is 0 Å². The number of ether oxygens (including phenoxy) is 1. The van der Waals surface area contributed by atoms with Crippen molar-refractivity contribution in [2.24, 2.45) is 0 Å². The van der Waals surface area contributed by atoms with Crippen molar-refractivity contribution in [3.63, 3.8) is 0 Å². The molecule has 132 valence electrons. The van der Waals surface area contributed by atoms with Gasteiger partial charge in [0.25, 0.3) is 0 Å². The Bertz CT molecular complexity index is 626. The van der Waals surface area contributed by atoms with Crippen LogP contribution in [0.1, 0.15) is 30.3 Å². The zero-order valence-electron chi connectivity index (χ0n) is 14.4. The summed E-state index contributed by atoms with van der Waals surface area (Å²) in [5.74, 6) is 2.53. The number of aryl methyl sites for hydroxylation is 2. The second-order valence-electron chi connectivity index (χ2n) is 6.43. The van der Waals surface area contributed by atoms with Gasteiger partial charge in [0.15, 0.2) is 0 Å². The number of aliphatic hydroxyl groups excluding tert-OH is 1. The number of furan rings is 1. The Hall–Kier alpha value is -1.70. The first-order valence-electron chi connectivity index (χ1n) is 8.52. The van der Waals surface area contributed by atoms with Gasteiger partial charge in [-0.1, -0.05) is 0 Å². The summed E-state index contributed by atoms with van der Waals surface area (Å²) in [6.07, 6.45) is 3.40. The third kappa shape index (κ3) is 4.43. The molecular weight excluding hydrogens is 308 g/mol. The van der Waals surface area contributed by atoms with E-state index in [1.54, 1.807) is 6.26 Å². The van der Waals surface area contributed by atoms with E-state index in [4.69, 9.17) is 9.15 Å². The summed E-state index contributed by atoms with van der Waals surface area (Å²) in [4.78, 5) is 6.69. The summed E-state index contributed by atoms with van der Waals surface area (Å²) in [6, 6.07) is 4.09. The van der Waals surface area contributed by atoms with Crippen LogP contribution in [0.4, 0.5) is 0 Å². The molecule has 1 aliphatic rings. The van der Waals surface area contributed by atoms with Gasteiger partial charge >= 0.3 is 0 Å². The van der Waals surface area contributed by atoms with Gasteiger partial charge < -0.3 is 14.3 Å². The van der Waals surface area contributed by atoms with E-state index in [0.717, 1.165) is 43.3 Å². The van der Waals surface area contributed by atoms with Crippen LogP contribution in [0.25, 0.3) is 0 Å². The molecule has 3 heterocycles. The third-order valence-corrected chi connectivity index (χ3v) is 4.43. The summed E-state index contributed by atoms with van der Waals surface area (Å²) in [7, 11) is 0. The lowest BCUT2D eigenvalue weighted by Gasteiger charge is -2.26. The molecule has 2 atom stereocenters. The SMILES string of the molecule is Cc1nc(C)n(C[C@H]2CCCN2C[C@H](O)COCc2ccco2)n1. The second-order valence-corrected chi connectivity index (χ2v) is 6.43. The molecule has 2 aromatic heterocycles. The Balaban J connectivity index is 1.45. The van der Waals surface area contributed by atoms with Gasteiger partial charge in [-0.25, -0.2) is 9.67 Å². The molecule has 7 heteroatoms. The molecule has 0 amide bonds. The van der Waals surface area contributed by atoms with Crippen molar-refractivity contribution in [1.82, 2.24) is 19.7 Å². The maximum Gasteiger partial charge on any atom is 0.147 e. The lowest BCUT2D eigenvalue weighted by atomic mass is 10.2. The predicted molar refractivity (Wildman–Crippen MR) is 88.5 cm³/mol. The molecule has 7 nitrogen and oxygen atoms in total. The fourth-order valence-electron chi connectivity index (χ4n) is 3.29. The van der Waals surface area contributed by atoms with E-state index in [1.165, 1.54) is 0 Å². The maximum absolute atomic E-state index is 10.2. The van der Waals surface area contributed by atoms with Crippen molar-refractivity contribution in [1.29, 1.82) is 0 Å². The van der Waals surface area contributed by atoms with E-state index in [1.807, 2.05) is 30.7 Å². The summed E-state index contributed by atoms with van der Waals surface area (Å²) >= 11 is 0. The van der Waals surface area contributed by atoms with Crippen LogP contribution in [0.5, 0.6) is 0 Å². The molecule has 0 bridgehead atoms. The summed E-state index contributed by atoms with van der Waals surface area (Å²) in [5.41, 5.74) is 0. The van der Waals surface area contributed by atoms with Gasteiger partial charge in [-0.3, -0.25) is 4.90 Å². The molecule has 24 heavy (non-hydrogen) atoms. The lowest BCUT2D eigenvalue weighted by molar-refractivity contribution is 0.00209. The molecular formula is C17H26N4O3. The zero-order chi connectivity index (χ0) is 16.9. The van der Waals surface area contributed by atoms with E-state index in [-0.39, 0.29) is 0 Å². The number of hydrogen-bond acceptors (Lipinski definition) is 6. The highest BCUT2D eigenvalue weighted by molar-refractivity contribution is 4.96. The summed E-state index contributed by atoms with van der Waals surface area (Å²) in [5, 5.41) is 14.7. The Morgan fingerprint density at radius 2 is 2.33 bits per heavy atom. The molecule has 0 saturated carbocycles. The van der Waals surface area contributed by atoms with Crippen LogP contribution in [0.15, 0.2) is 22.8 Å². The number of hydrogen-bond donors (Lipinski definition) is 1. The number of aliphatic hydroxyl groups is 1. The van der Waals surface area contributed by atoms with Gasteiger partial charge in [-0.05, 0) is 45.4 Å². The minimum absolute atomic E-state index is 0.311. The number of β-amino-alcohol motifs (C(OH)–C–C–N with tert-alkyl or cyclic N) is 1. The van der Waals surface area contributed by atoms with Crippen LogP contribution in [-0.4, -0.2) is 56.6 Å². The van der Waals surface area contributed by atoms with Crippen molar-refractivity contribution < 1.29 is 14.3 Å². The topological polar surface area (TPSA) is 76.6 Å². The van der Waals surface area contributed by atoms with Crippen LogP contribution >= 0.6 is 0 Å². The van der Waals surface area contributed by atoms with Crippen LogP contribution in [-0.2, 0) is 17.9 Å². The first kappa shape index (κ1) is 17.1. The molecule has 2 aromatic rings. The van der Waals surface area contributed by atoms with Crippen molar-refractivity contribution in [3.8, 4) is 0 Å². The average molecular weight is 334 g/mol. The van der Waals surface area contributed by atoms with E-state index in [9.17, 15) is 5.11 Å². The smallest absolute Gasteiger partial charge is 0.147 e. The van der Waals surface area contributed by atoms with E-state index in [2.05, 4.69) is 15.0 Å². The minimum Gasteiger partial charge on any atom is -0.467 e. The molecule has 3 rings (SSSR count). The first-order valence-corrected chi connectivity index (χ1v) is 8.52. The predicted octanol–water partition coefficient (Wildman–Crippen LogP) is 1.53. The fourth-order valence-corrected chi connectivity index (χ4v) is 3.29. The number of likely N-dealkylation sites (tertiary alicyclic amines) is 1.